The molecule has 26 heteroatoms. The molecule has 0 aliphatic rings. The van der Waals surface area contributed by atoms with Gasteiger partial charge in [0.05, 0.1) is 38.2 Å². The van der Waals surface area contributed by atoms with Gasteiger partial charge in [0.1, 0.15) is 48.3 Å². The van der Waals surface area contributed by atoms with Gasteiger partial charge in [0.25, 0.3) is 0 Å². The quantitative estimate of drug-likeness (QED) is 0.0319. The Balaban J connectivity index is 6.28. The lowest BCUT2D eigenvalue weighted by Crippen LogP contribution is -2.63. The maximum absolute atomic E-state index is 13.7. The minimum atomic E-state index is -1.95. The average Bonchev–Trinajstić information content (AvgIpc) is 3.21. The molecule has 0 bridgehead atoms. The minimum absolute atomic E-state index is 0.0296. The molecule has 0 aliphatic heterocycles. The summed E-state index contributed by atoms with van der Waals surface area (Å²) in [6.07, 6.45) is -2.94. The van der Waals surface area contributed by atoms with Crippen LogP contribution in [-0.4, -0.2) is 164 Å². The number of aliphatic hydroxyl groups is 3. The molecule has 0 unspecified atom stereocenters. The van der Waals surface area contributed by atoms with Gasteiger partial charge in [-0.1, -0.05) is 61.8 Å². The number of aliphatic hydroxyl groups excluding tert-OH is 3. The van der Waals surface area contributed by atoms with E-state index in [1.165, 1.54) is 34.6 Å². The van der Waals surface area contributed by atoms with Gasteiger partial charge >= 0.3 is 11.9 Å². The van der Waals surface area contributed by atoms with Crippen LogP contribution in [0.5, 0.6) is 0 Å². The Labute approximate surface area is 382 Å². The number of carbonyl (C=O) groups is 11. The molecule has 0 rings (SSSR count). The van der Waals surface area contributed by atoms with Crippen LogP contribution in [-0.2, 0) is 52.7 Å². The Morgan fingerprint density at radius 1 is 0.485 bits per heavy atom. The zero-order chi connectivity index (χ0) is 51.3. The van der Waals surface area contributed by atoms with Gasteiger partial charge in [-0.2, -0.15) is 0 Å². The highest BCUT2D eigenvalue weighted by atomic mass is 16.4. The van der Waals surface area contributed by atoms with Crippen molar-refractivity contribution in [1.82, 2.24) is 42.5 Å². The van der Waals surface area contributed by atoms with Gasteiger partial charge < -0.3 is 79.5 Å². The molecule has 17 N–H and O–H groups in total. The van der Waals surface area contributed by atoms with E-state index >= 15 is 0 Å². The average molecular weight is 947 g/mol. The van der Waals surface area contributed by atoms with Gasteiger partial charge in [-0.05, 0) is 37.0 Å². The lowest BCUT2D eigenvalue weighted by Gasteiger charge is -2.30. The van der Waals surface area contributed by atoms with E-state index in [-0.39, 0.29) is 18.8 Å². The van der Waals surface area contributed by atoms with E-state index in [0.717, 1.165) is 6.92 Å². The fourth-order valence-corrected chi connectivity index (χ4v) is 6.02. The van der Waals surface area contributed by atoms with Crippen LogP contribution < -0.4 is 54.0 Å². The molecule has 0 heterocycles. The highest BCUT2D eigenvalue weighted by Gasteiger charge is 2.38. The van der Waals surface area contributed by atoms with Crippen LogP contribution in [0.1, 0.15) is 88.0 Å². The fourth-order valence-electron chi connectivity index (χ4n) is 6.02. The Morgan fingerprint density at radius 3 is 1.27 bits per heavy atom. The molecule has 11 atom stereocenters. The summed E-state index contributed by atoms with van der Waals surface area (Å²) in [4.78, 5) is 141. The monoisotopic (exact) mass is 946 g/mol. The van der Waals surface area contributed by atoms with Crippen molar-refractivity contribution < 1.29 is 78.3 Å². The molecule has 0 saturated heterocycles. The first-order chi connectivity index (χ1) is 30.5. The summed E-state index contributed by atoms with van der Waals surface area (Å²) >= 11 is 0. The zero-order valence-corrected chi connectivity index (χ0v) is 38.7. The summed E-state index contributed by atoms with van der Waals surface area (Å²) in [6, 6.07) is -14.3. The largest absolute Gasteiger partial charge is 0.481 e. The smallest absolute Gasteiger partial charge is 0.326 e. The first-order valence-electron chi connectivity index (χ1n) is 21.3. The molecule has 0 aliphatic carbocycles. The van der Waals surface area contributed by atoms with Crippen LogP contribution in [0.4, 0.5) is 0 Å². The third kappa shape index (κ3) is 20.5. The molecule has 0 fully saturated rings. The summed E-state index contributed by atoms with van der Waals surface area (Å²) < 4.78 is 0. The molecule has 0 aromatic heterocycles. The van der Waals surface area contributed by atoms with Gasteiger partial charge in [0.15, 0.2) is 0 Å². The second kappa shape index (κ2) is 28.8. The van der Waals surface area contributed by atoms with Crippen LogP contribution in [0.25, 0.3) is 0 Å². The number of carbonyl (C=O) groups excluding carboxylic acids is 9. The van der Waals surface area contributed by atoms with Crippen LogP contribution in [0.15, 0.2) is 0 Å². The maximum Gasteiger partial charge on any atom is 0.326 e. The van der Waals surface area contributed by atoms with Crippen molar-refractivity contribution in [3.63, 3.8) is 0 Å². The van der Waals surface area contributed by atoms with E-state index in [4.69, 9.17) is 11.5 Å². The maximum atomic E-state index is 13.7. The van der Waals surface area contributed by atoms with Gasteiger partial charge in [0.2, 0.25) is 53.2 Å². The molecular formula is C40H70N10O16. The van der Waals surface area contributed by atoms with Gasteiger partial charge in [-0.15, -0.1) is 0 Å². The number of amides is 9. The fraction of sp³-hybridized carbons (Fsp3) is 0.725. The Bertz CT molecular complexity index is 1730. The first kappa shape index (κ1) is 60.0. The van der Waals surface area contributed by atoms with Gasteiger partial charge in [-0.25, -0.2) is 4.79 Å². The van der Waals surface area contributed by atoms with E-state index in [1.807, 2.05) is 0 Å². The van der Waals surface area contributed by atoms with E-state index in [1.54, 1.807) is 20.8 Å². The number of aliphatic carboxylic acids is 2. The summed E-state index contributed by atoms with van der Waals surface area (Å²) in [6.45, 7) is 11.6. The van der Waals surface area contributed by atoms with E-state index < -0.39 is 169 Å². The molecule has 0 aromatic carbocycles. The van der Waals surface area contributed by atoms with Crippen LogP contribution >= 0.6 is 0 Å². The predicted molar refractivity (Wildman–Crippen MR) is 232 cm³/mol. The van der Waals surface area contributed by atoms with Crippen molar-refractivity contribution in [2.75, 3.05) is 13.2 Å². The van der Waals surface area contributed by atoms with Crippen molar-refractivity contribution in [1.29, 1.82) is 0 Å². The highest BCUT2D eigenvalue weighted by molar-refractivity contribution is 5.99. The third-order valence-electron chi connectivity index (χ3n) is 10.1. The highest BCUT2D eigenvalue weighted by Crippen LogP contribution is 2.12. The number of rotatable bonds is 30. The Morgan fingerprint density at radius 2 is 0.864 bits per heavy atom. The lowest BCUT2D eigenvalue weighted by molar-refractivity contribution is -0.144. The van der Waals surface area contributed by atoms with Crippen molar-refractivity contribution >= 4 is 65.1 Å². The first-order valence-corrected chi connectivity index (χ1v) is 21.3. The van der Waals surface area contributed by atoms with E-state index in [0.29, 0.717) is 0 Å². The number of hydrogen-bond donors (Lipinski definition) is 15. The van der Waals surface area contributed by atoms with Crippen LogP contribution in [0.2, 0.25) is 0 Å². The topological polar surface area (TPSA) is 437 Å². The SMILES string of the molecule is CC[C@H](C)[C@H](NC(=O)[C@@H](NC(=O)[C@H](CC(C)C)NC(=O)[C@@H](N)CC(N)=O)[C@@H](C)O)C(=O)N[C@@H](CO)C(=O)N[C@@H](CC(=O)O)C(=O)N[C@H](C(=O)N[C@@H](CO)C(=O)N[C@H](C(=O)O)C(C)C)C(C)C. The van der Waals surface area contributed by atoms with Crippen molar-refractivity contribution in [2.45, 2.75) is 148 Å². The molecule has 26 nitrogen and oxygen atoms in total. The summed E-state index contributed by atoms with van der Waals surface area (Å²) in [7, 11) is 0. The zero-order valence-electron chi connectivity index (χ0n) is 38.7. The molecule has 66 heavy (non-hydrogen) atoms. The number of nitrogens with two attached hydrogens (primary N) is 2. The standard InChI is InChI=1S/C40H70N10O16/c1-10-19(8)30(49-39(64)31(20(9)53)50-33(58)22(11-16(2)3)43-32(57)21(41)12-26(42)54)38(63)46-24(14-51)35(60)44-23(13-27(55)56)34(59)47-28(17(4)5)37(62)45-25(15-52)36(61)48-29(18(6)7)40(65)66/h16-25,28-31,51-53H,10-15,41H2,1-9H3,(H2,42,54)(H,43,57)(H,44,60)(H,45,62)(H,46,63)(H,47,59)(H,48,61)(H,49,64)(H,50,58)(H,55,56)(H,65,66)/t19-,20+,21-,22-,23-,24-,25-,28-,29-,30-,31-/m0/s1. The second-order valence-electron chi connectivity index (χ2n) is 17.0. The number of carboxylic acid groups (broad SMARTS) is 2. The van der Waals surface area contributed by atoms with E-state index in [9.17, 15) is 78.3 Å². The van der Waals surface area contributed by atoms with E-state index in [2.05, 4.69) is 42.5 Å². The molecule has 0 aromatic rings. The molecule has 376 valence electrons. The van der Waals surface area contributed by atoms with Gasteiger partial charge in [-0.3, -0.25) is 47.9 Å². The third-order valence-corrected chi connectivity index (χ3v) is 10.1. The van der Waals surface area contributed by atoms with Crippen LogP contribution in [0.3, 0.4) is 0 Å². The molecule has 0 spiro atoms. The number of nitrogens with one attached hydrogen (secondary N) is 8. The Kier molecular flexibility index (Phi) is 26.2. The molecular weight excluding hydrogens is 876 g/mol. The predicted octanol–water partition coefficient (Wildman–Crippen LogP) is -5.60. The van der Waals surface area contributed by atoms with Crippen molar-refractivity contribution in [2.24, 2.45) is 35.1 Å². The number of hydrogen-bond acceptors (Lipinski definition) is 15. The normalized spacial score (nSPS) is 16.3. The minimum Gasteiger partial charge on any atom is -0.481 e. The van der Waals surface area contributed by atoms with Crippen molar-refractivity contribution in [3.8, 4) is 0 Å². The second-order valence-corrected chi connectivity index (χ2v) is 17.0. The molecule has 0 radical (unpaired) electrons. The number of primary amides is 1. The van der Waals surface area contributed by atoms with Crippen LogP contribution in [0, 0.1) is 23.7 Å². The summed E-state index contributed by atoms with van der Waals surface area (Å²) in [5.41, 5.74) is 10.8. The lowest BCUT2D eigenvalue weighted by atomic mass is 9.97. The summed E-state index contributed by atoms with van der Waals surface area (Å²) in [5, 5.41) is 67.7. The number of carboxylic acids is 2. The van der Waals surface area contributed by atoms with Gasteiger partial charge in [0, 0.05) is 0 Å². The molecule has 0 saturated carbocycles. The van der Waals surface area contributed by atoms with Crippen molar-refractivity contribution in [3.05, 3.63) is 0 Å². The molecule has 9 amide bonds. The Hall–Kier alpha value is -5.99. The summed E-state index contributed by atoms with van der Waals surface area (Å²) in [5.74, 6) is -14.7.